The maximum absolute atomic E-state index is 13.4. The standard InChI is InChI=1S/C23H23ClF2N4.CH4/c24-21-14-28-19(9-15-3-2-6-27-12-15)11-20(21)22-4-1-5-23(30-22)29-13-16-7-17(25)10-18(26)8-16;/h1,4-5,7-8,10-11,14-15,27H,2-3,6,9,12-13H2,(H,29,30);1H4/t15-;/m1./s1. The van der Waals surface area contributed by atoms with E-state index < -0.39 is 11.6 Å². The van der Waals surface area contributed by atoms with Crippen molar-refractivity contribution in [1.82, 2.24) is 15.3 Å². The van der Waals surface area contributed by atoms with Crippen molar-refractivity contribution in [2.24, 2.45) is 5.92 Å². The lowest BCUT2D eigenvalue weighted by Gasteiger charge is -2.22. The molecule has 0 radical (unpaired) electrons. The third-order valence-corrected chi connectivity index (χ3v) is 5.53. The van der Waals surface area contributed by atoms with Crippen LogP contribution < -0.4 is 10.6 Å². The number of hydrogen-bond donors (Lipinski definition) is 2. The molecule has 164 valence electrons. The quantitative estimate of drug-likeness (QED) is 0.499. The van der Waals surface area contributed by atoms with Crippen LogP contribution in [0.1, 0.15) is 31.5 Å². The van der Waals surface area contributed by atoms with E-state index in [1.54, 1.807) is 6.20 Å². The number of halogens is 3. The molecule has 2 N–H and O–H groups in total. The van der Waals surface area contributed by atoms with Gasteiger partial charge in [-0.05, 0) is 74.2 Å². The first kappa shape index (κ1) is 23.1. The van der Waals surface area contributed by atoms with Crippen LogP contribution in [0.2, 0.25) is 5.02 Å². The van der Waals surface area contributed by atoms with Gasteiger partial charge in [0.1, 0.15) is 17.5 Å². The van der Waals surface area contributed by atoms with Crippen LogP contribution in [0, 0.1) is 17.6 Å². The Labute approximate surface area is 187 Å². The molecule has 2 aromatic heterocycles. The molecule has 0 amide bonds. The molecule has 0 unspecified atom stereocenters. The summed E-state index contributed by atoms with van der Waals surface area (Å²) in [5.41, 5.74) is 3.05. The van der Waals surface area contributed by atoms with E-state index in [2.05, 4.69) is 20.6 Å². The Kier molecular flexibility index (Phi) is 7.93. The molecular weight excluding hydrogens is 418 g/mol. The molecule has 31 heavy (non-hydrogen) atoms. The Morgan fingerprint density at radius 1 is 1.13 bits per heavy atom. The number of rotatable bonds is 6. The maximum atomic E-state index is 13.4. The minimum Gasteiger partial charge on any atom is -0.366 e. The summed E-state index contributed by atoms with van der Waals surface area (Å²) in [6.45, 7) is 2.36. The van der Waals surface area contributed by atoms with Gasteiger partial charge >= 0.3 is 0 Å². The number of nitrogens with one attached hydrogen (secondary N) is 2. The van der Waals surface area contributed by atoms with Crippen LogP contribution in [0.25, 0.3) is 11.3 Å². The fourth-order valence-corrected chi connectivity index (χ4v) is 3.97. The molecule has 1 fully saturated rings. The average molecular weight is 445 g/mol. The van der Waals surface area contributed by atoms with Crippen molar-refractivity contribution >= 4 is 17.4 Å². The molecule has 1 aromatic carbocycles. The van der Waals surface area contributed by atoms with E-state index in [1.807, 2.05) is 24.3 Å². The Hall–Kier alpha value is -2.57. The predicted octanol–water partition coefficient (Wildman–Crippen LogP) is 5.87. The zero-order chi connectivity index (χ0) is 20.9. The van der Waals surface area contributed by atoms with Gasteiger partial charge in [0, 0.05) is 30.1 Å². The number of anilines is 1. The molecule has 1 aliphatic heterocycles. The van der Waals surface area contributed by atoms with E-state index in [4.69, 9.17) is 11.6 Å². The molecule has 1 saturated heterocycles. The molecule has 4 nitrogen and oxygen atoms in total. The largest absolute Gasteiger partial charge is 0.366 e. The van der Waals surface area contributed by atoms with Crippen LogP contribution in [-0.2, 0) is 13.0 Å². The second kappa shape index (κ2) is 10.6. The van der Waals surface area contributed by atoms with Crippen molar-refractivity contribution in [2.45, 2.75) is 33.2 Å². The molecule has 7 heteroatoms. The normalized spacial score (nSPS) is 15.9. The summed E-state index contributed by atoms with van der Waals surface area (Å²) >= 11 is 6.42. The van der Waals surface area contributed by atoms with Crippen LogP contribution in [-0.4, -0.2) is 23.1 Å². The monoisotopic (exact) mass is 444 g/mol. The summed E-state index contributed by atoms with van der Waals surface area (Å²) in [6.07, 6.45) is 4.97. The van der Waals surface area contributed by atoms with Crippen LogP contribution in [0.5, 0.6) is 0 Å². The van der Waals surface area contributed by atoms with E-state index in [0.717, 1.165) is 42.5 Å². The summed E-state index contributed by atoms with van der Waals surface area (Å²) in [6, 6.07) is 11.0. The maximum Gasteiger partial charge on any atom is 0.126 e. The highest BCUT2D eigenvalue weighted by molar-refractivity contribution is 6.33. The Balaban J connectivity index is 0.00000272. The summed E-state index contributed by atoms with van der Waals surface area (Å²) in [7, 11) is 0. The van der Waals surface area contributed by atoms with Gasteiger partial charge in [-0.2, -0.15) is 0 Å². The number of benzene rings is 1. The SMILES string of the molecule is C.Fc1cc(F)cc(CNc2cccc(-c3cc(C[C@H]4CCCNC4)ncc3Cl)n2)c1. The van der Waals surface area contributed by atoms with Crippen molar-refractivity contribution in [3.63, 3.8) is 0 Å². The van der Waals surface area contributed by atoms with E-state index in [1.165, 1.54) is 25.0 Å². The van der Waals surface area contributed by atoms with Gasteiger partial charge in [-0.1, -0.05) is 25.1 Å². The van der Waals surface area contributed by atoms with Gasteiger partial charge in [0.25, 0.3) is 0 Å². The van der Waals surface area contributed by atoms with Gasteiger partial charge in [0.05, 0.1) is 10.7 Å². The Morgan fingerprint density at radius 2 is 1.94 bits per heavy atom. The third kappa shape index (κ3) is 6.21. The van der Waals surface area contributed by atoms with Crippen molar-refractivity contribution < 1.29 is 8.78 Å². The molecule has 0 saturated carbocycles. The van der Waals surface area contributed by atoms with E-state index in [-0.39, 0.29) is 14.0 Å². The molecule has 0 bridgehead atoms. The number of piperidine rings is 1. The highest BCUT2D eigenvalue weighted by Crippen LogP contribution is 2.28. The second-order valence-electron chi connectivity index (χ2n) is 7.61. The number of nitrogens with zero attached hydrogens (tertiary/aromatic N) is 2. The molecule has 4 rings (SSSR count). The molecular formula is C24H27ClF2N4. The Morgan fingerprint density at radius 3 is 2.68 bits per heavy atom. The molecule has 1 atom stereocenters. The van der Waals surface area contributed by atoms with Crippen LogP contribution in [0.4, 0.5) is 14.6 Å². The molecule has 3 aromatic rings. The zero-order valence-electron chi connectivity index (χ0n) is 16.5. The van der Waals surface area contributed by atoms with Gasteiger partial charge in [-0.3, -0.25) is 4.98 Å². The van der Waals surface area contributed by atoms with E-state index in [0.29, 0.717) is 22.3 Å². The minimum absolute atomic E-state index is 0. The molecule has 3 heterocycles. The van der Waals surface area contributed by atoms with Crippen molar-refractivity contribution in [3.8, 4) is 11.3 Å². The Bertz CT molecular complexity index is 1000. The van der Waals surface area contributed by atoms with Gasteiger partial charge in [-0.15, -0.1) is 0 Å². The third-order valence-electron chi connectivity index (χ3n) is 5.23. The second-order valence-corrected chi connectivity index (χ2v) is 8.02. The van der Waals surface area contributed by atoms with E-state index in [9.17, 15) is 8.78 Å². The topological polar surface area (TPSA) is 49.8 Å². The summed E-state index contributed by atoms with van der Waals surface area (Å²) in [5, 5.41) is 7.09. The fraction of sp³-hybridized carbons (Fsp3) is 0.333. The number of pyridine rings is 2. The summed E-state index contributed by atoms with van der Waals surface area (Å²) in [5.74, 6) is -0.0217. The first-order valence-corrected chi connectivity index (χ1v) is 10.5. The zero-order valence-corrected chi connectivity index (χ0v) is 17.2. The molecule has 0 spiro atoms. The fourth-order valence-electron chi connectivity index (χ4n) is 3.77. The van der Waals surface area contributed by atoms with Gasteiger partial charge in [0.2, 0.25) is 0 Å². The lowest BCUT2D eigenvalue weighted by molar-refractivity contribution is 0.373. The van der Waals surface area contributed by atoms with Gasteiger partial charge in [0.15, 0.2) is 0 Å². The van der Waals surface area contributed by atoms with E-state index >= 15 is 0 Å². The minimum atomic E-state index is -0.599. The molecule has 1 aliphatic rings. The summed E-state index contributed by atoms with van der Waals surface area (Å²) < 4.78 is 26.8. The van der Waals surface area contributed by atoms with Gasteiger partial charge in [-0.25, -0.2) is 13.8 Å². The predicted molar refractivity (Wildman–Crippen MR) is 122 cm³/mol. The van der Waals surface area contributed by atoms with Gasteiger partial charge < -0.3 is 10.6 Å². The van der Waals surface area contributed by atoms with Crippen LogP contribution >= 0.6 is 11.6 Å². The molecule has 0 aliphatic carbocycles. The van der Waals surface area contributed by atoms with Crippen LogP contribution in [0.15, 0.2) is 48.7 Å². The first-order valence-electron chi connectivity index (χ1n) is 10.1. The highest BCUT2D eigenvalue weighted by Gasteiger charge is 2.16. The van der Waals surface area contributed by atoms with Crippen molar-refractivity contribution in [2.75, 3.05) is 18.4 Å². The average Bonchev–Trinajstić information content (AvgIpc) is 2.74. The highest BCUT2D eigenvalue weighted by atomic mass is 35.5. The lowest BCUT2D eigenvalue weighted by atomic mass is 9.94. The number of hydrogen-bond acceptors (Lipinski definition) is 4. The number of aromatic nitrogens is 2. The van der Waals surface area contributed by atoms with Crippen molar-refractivity contribution in [3.05, 3.63) is 76.6 Å². The smallest absolute Gasteiger partial charge is 0.126 e. The van der Waals surface area contributed by atoms with Crippen LogP contribution in [0.3, 0.4) is 0 Å². The lowest BCUT2D eigenvalue weighted by Crippen LogP contribution is -2.31. The summed E-state index contributed by atoms with van der Waals surface area (Å²) in [4.78, 5) is 9.13. The van der Waals surface area contributed by atoms with Crippen molar-refractivity contribution in [1.29, 1.82) is 0 Å². The first-order chi connectivity index (χ1) is 14.6.